The molecule has 0 bridgehead atoms. The van der Waals surface area contributed by atoms with Crippen molar-refractivity contribution in [2.45, 2.75) is 13.5 Å². The van der Waals surface area contributed by atoms with Gasteiger partial charge in [-0.3, -0.25) is 9.36 Å². The second-order valence-corrected chi connectivity index (χ2v) is 7.90. The first kappa shape index (κ1) is 18.4. The largest absolute Gasteiger partial charge is 0.439 e. The number of nitrogens with zero attached hydrogens (tertiary/aromatic N) is 3. The lowest BCUT2D eigenvalue weighted by atomic mass is 10.1. The van der Waals surface area contributed by atoms with Crippen LogP contribution >= 0.6 is 11.3 Å². The molecule has 0 spiro atoms. The van der Waals surface area contributed by atoms with Crippen LogP contribution in [0.2, 0.25) is 0 Å². The maximum Gasteiger partial charge on any atom is 0.262 e. The molecule has 0 amide bonds. The van der Waals surface area contributed by atoms with E-state index in [2.05, 4.69) is 9.97 Å². The van der Waals surface area contributed by atoms with E-state index in [1.807, 2.05) is 37.3 Å². The third kappa shape index (κ3) is 3.23. The molecule has 0 saturated heterocycles. The van der Waals surface area contributed by atoms with Crippen LogP contribution in [0.4, 0.5) is 4.39 Å². The van der Waals surface area contributed by atoms with Crippen LogP contribution in [0, 0.1) is 12.7 Å². The summed E-state index contributed by atoms with van der Waals surface area (Å²) in [6, 6.07) is 16.0. The van der Waals surface area contributed by atoms with Crippen molar-refractivity contribution in [1.82, 2.24) is 14.5 Å². The minimum atomic E-state index is -0.314. The maximum absolute atomic E-state index is 13.1. The molecule has 0 N–H and O–H groups in total. The van der Waals surface area contributed by atoms with Gasteiger partial charge < -0.3 is 4.42 Å². The first-order valence-corrected chi connectivity index (χ1v) is 10.2. The molecule has 0 aliphatic rings. The summed E-state index contributed by atoms with van der Waals surface area (Å²) < 4.78 is 20.4. The molecule has 0 fully saturated rings. The van der Waals surface area contributed by atoms with Gasteiger partial charge in [0.15, 0.2) is 5.76 Å². The third-order valence-electron chi connectivity index (χ3n) is 4.94. The molecular formula is C23H16FN3O2S. The lowest BCUT2D eigenvalue weighted by Crippen LogP contribution is -2.21. The van der Waals surface area contributed by atoms with Gasteiger partial charge in [-0.25, -0.2) is 14.4 Å². The number of hydrogen-bond donors (Lipinski definition) is 0. The zero-order chi connectivity index (χ0) is 20.7. The molecule has 7 heteroatoms. The van der Waals surface area contributed by atoms with E-state index in [-0.39, 0.29) is 17.9 Å². The fourth-order valence-corrected chi connectivity index (χ4v) is 4.56. The van der Waals surface area contributed by atoms with Crippen molar-refractivity contribution in [3.8, 4) is 21.8 Å². The molecule has 30 heavy (non-hydrogen) atoms. The highest BCUT2D eigenvalue weighted by atomic mass is 32.1. The maximum atomic E-state index is 13.1. The fraction of sp³-hybridized carbons (Fsp3) is 0.0870. The summed E-state index contributed by atoms with van der Waals surface area (Å²) in [5, 5.41) is 0.617. The van der Waals surface area contributed by atoms with Crippen molar-refractivity contribution in [1.29, 1.82) is 0 Å². The van der Waals surface area contributed by atoms with Crippen molar-refractivity contribution >= 4 is 21.6 Å². The number of aromatic nitrogens is 3. The monoisotopic (exact) mass is 417 g/mol. The molecule has 5 aromatic rings. The van der Waals surface area contributed by atoms with Crippen LogP contribution in [0.1, 0.15) is 11.5 Å². The van der Waals surface area contributed by atoms with Gasteiger partial charge in [-0.2, -0.15) is 0 Å². The molecule has 0 unspecified atom stereocenters. The molecule has 2 aromatic carbocycles. The van der Waals surface area contributed by atoms with Gasteiger partial charge in [0, 0.05) is 10.4 Å². The number of hydrogen-bond acceptors (Lipinski definition) is 5. The van der Waals surface area contributed by atoms with Gasteiger partial charge >= 0.3 is 0 Å². The van der Waals surface area contributed by atoms with Gasteiger partial charge in [-0.05, 0) is 42.3 Å². The summed E-state index contributed by atoms with van der Waals surface area (Å²) in [5.41, 5.74) is 2.59. The normalized spacial score (nSPS) is 11.3. The highest BCUT2D eigenvalue weighted by molar-refractivity contribution is 7.22. The second-order valence-electron chi connectivity index (χ2n) is 6.91. The summed E-state index contributed by atoms with van der Waals surface area (Å²) >= 11 is 1.51. The Morgan fingerprint density at radius 1 is 1.03 bits per heavy atom. The van der Waals surface area contributed by atoms with E-state index >= 15 is 0 Å². The van der Waals surface area contributed by atoms with Crippen LogP contribution < -0.4 is 5.56 Å². The van der Waals surface area contributed by atoms with E-state index < -0.39 is 0 Å². The van der Waals surface area contributed by atoms with Crippen molar-refractivity contribution in [2.75, 3.05) is 0 Å². The van der Waals surface area contributed by atoms with E-state index in [0.717, 1.165) is 21.6 Å². The molecule has 5 rings (SSSR count). The Morgan fingerprint density at radius 3 is 2.57 bits per heavy atom. The highest BCUT2D eigenvalue weighted by Gasteiger charge is 2.16. The molecule has 0 atom stereocenters. The molecular weight excluding hydrogens is 401 g/mol. The predicted octanol–water partition coefficient (Wildman–Crippen LogP) is 5.28. The number of fused-ring (bicyclic) bond motifs is 1. The second kappa shape index (κ2) is 7.35. The summed E-state index contributed by atoms with van der Waals surface area (Å²) in [7, 11) is 0. The minimum Gasteiger partial charge on any atom is -0.439 e. The van der Waals surface area contributed by atoms with Gasteiger partial charge in [-0.1, -0.05) is 30.3 Å². The summed E-state index contributed by atoms with van der Waals surface area (Å²) in [5.74, 6) is 0.587. The average Bonchev–Trinajstić information content (AvgIpc) is 3.36. The van der Waals surface area contributed by atoms with Crippen molar-refractivity contribution in [3.05, 3.63) is 94.7 Å². The molecule has 0 aliphatic carbocycles. The van der Waals surface area contributed by atoms with Crippen LogP contribution in [0.3, 0.4) is 0 Å². The minimum absolute atomic E-state index is 0.127. The van der Waals surface area contributed by atoms with Gasteiger partial charge in [0.05, 0.1) is 17.9 Å². The zero-order valence-electron chi connectivity index (χ0n) is 16.0. The summed E-state index contributed by atoms with van der Waals surface area (Å²) in [4.78, 5) is 23.6. The topological polar surface area (TPSA) is 60.9 Å². The SMILES string of the molecule is Cc1c(-c2ccccc2)sc2ncn(Cc3ncc(-c4ccc(F)cc4)o3)c(=O)c12. The first-order valence-electron chi connectivity index (χ1n) is 9.35. The molecule has 0 saturated carbocycles. The molecule has 3 aromatic heterocycles. The van der Waals surface area contributed by atoms with Crippen molar-refractivity contribution in [2.24, 2.45) is 0 Å². The molecule has 0 aliphatic heterocycles. The summed E-state index contributed by atoms with van der Waals surface area (Å²) in [6.45, 7) is 2.12. The van der Waals surface area contributed by atoms with Crippen molar-refractivity contribution in [3.63, 3.8) is 0 Å². The standard InChI is InChI=1S/C23H16FN3O2S/c1-14-20-22(30-21(14)16-5-3-2-4-6-16)26-13-27(23(20)28)12-19-25-11-18(29-19)15-7-9-17(24)10-8-15/h2-11,13H,12H2,1H3. The van der Waals surface area contributed by atoms with Gasteiger partial charge in [0.2, 0.25) is 5.89 Å². The smallest absolute Gasteiger partial charge is 0.262 e. The van der Waals surface area contributed by atoms with Crippen LogP contribution in [0.25, 0.3) is 32.0 Å². The lowest BCUT2D eigenvalue weighted by Gasteiger charge is -2.03. The number of aryl methyl sites for hydroxylation is 1. The van der Waals surface area contributed by atoms with Gasteiger partial charge in [0.1, 0.15) is 17.2 Å². The number of rotatable bonds is 4. The number of benzene rings is 2. The average molecular weight is 417 g/mol. The van der Waals surface area contributed by atoms with E-state index in [4.69, 9.17) is 4.42 Å². The Bertz CT molecular complexity index is 1400. The van der Waals surface area contributed by atoms with E-state index in [0.29, 0.717) is 21.9 Å². The Labute approximate surface area is 175 Å². The van der Waals surface area contributed by atoms with E-state index in [1.165, 1.54) is 34.4 Å². The number of halogens is 1. The highest BCUT2D eigenvalue weighted by Crippen LogP contribution is 2.35. The number of thiophene rings is 1. The molecule has 5 nitrogen and oxygen atoms in total. The first-order chi connectivity index (χ1) is 14.6. The Kier molecular flexibility index (Phi) is 4.52. The predicted molar refractivity (Wildman–Crippen MR) is 115 cm³/mol. The molecule has 148 valence electrons. The number of oxazole rings is 1. The van der Waals surface area contributed by atoms with Crippen LogP contribution in [-0.4, -0.2) is 14.5 Å². The Morgan fingerprint density at radius 2 is 1.80 bits per heavy atom. The van der Waals surface area contributed by atoms with Crippen LogP contribution in [0.15, 0.2) is 76.3 Å². The van der Waals surface area contributed by atoms with Crippen LogP contribution in [-0.2, 0) is 6.54 Å². The molecule has 0 radical (unpaired) electrons. The van der Waals surface area contributed by atoms with Crippen molar-refractivity contribution < 1.29 is 8.81 Å². The van der Waals surface area contributed by atoms with E-state index in [1.54, 1.807) is 18.3 Å². The van der Waals surface area contributed by atoms with Gasteiger partial charge in [-0.15, -0.1) is 11.3 Å². The van der Waals surface area contributed by atoms with E-state index in [9.17, 15) is 9.18 Å². The Hall–Kier alpha value is -3.58. The fourth-order valence-electron chi connectivity index (χ4n) is 3.41. The molecule has 3 heterocycles. The summed E-state index contributed by atoms with van der Waals surface area (Å²) in [6.07, 6.45) is 3.10. The Balaban J connectivity index is 1.50. The lowest BCUT2D eigenvalue weighted by molar-refractivity contribution is 0.484. The quantitative estimate of drug-likeness (QED) is 0.399. The zero-order valence-corrected chi connectivity index (χ0v) is 16.8. The van der Waals surface area contributed by atoms with Crippen LogP contribution in [0.5, 0.6) is 0 Å². The van der Waals surface area contributed by atoms with Gasteiger partial charge in [0.25, 0.3) is 5.56 Å². The third-order valence-corrected chi connectivity index (χ3v) is 6.19.